The van der Waals surface area contributed by atoms with Crippen LogP contribution in [-0.2, 0) is 4.79 Å². The molecule has 0 bridgehead atoms. The van der Waals surface area contributed by atoms with Gasteiger partial charge in [0.1, 0.15) is 0 Å². The fraction of sp³-hybridized carbons (Fsp3) is 0.800. The zero-order chi connectivity index (χ0) is 11.6. The lowest BCUT2D eigenvalue weighted by Crippen LogP contribution is -2.54. The maximum atomic E-state index is 11.7. The first-order valence-corrected chi connectivity index (χ1v) is 5.15. The number of amides is 2. The molecular weight excluding hydrogens is 196 g/mol. The number of carbonyl (C=O) groups is 2. The van der Waals surface area contributed by atoms with E-state index in [0.29, 0.717) is 13.1 Å². The lowest BCUT2D eigenvalue weighted by molar-refractivity contribution is -0.138. The third kappa shape index (κ3) is 2.84. The zero-order valence-corrected chi connectivity index (χ0v) is 9.43. The Morgan fingerprint density at radius 1 is 1.53 bits per heavy atom. The minimum absolute atomic E-state index is 0.00774. The van der Waals surface area contributed by atoms with Gasteiger partial charge in [0.05, 0.1) is 6.42 Å². The van der Waals surface area contributed by atoms with E-state index in [1.165, 1.54) is 0 Å². The molecule has 0 aromatic rings. The average Bonchev–Trinajstić information content (AvgIpc) is 2.09. The number of nitrogens with zero attached hydrogens (tertiary/aromatic N) is 2. The van der Waals surface area contributed by atoms with E-state index < -0.39 is 5.97 Å². The Balaban J connectivity index is 2.66. The molecule has 1 rings (SSSR count). The molecule has 2 amide bonds. The van der Waals surface area contributed by atoms with Crippen molar-refractivity contribution in [3.8, 4) is 0 Å². The number of carbonyl (C=O) groups excluding carboxylic acids is 1. The molecule has 1 N–H and O–H groups in total. The van der Waals surface area contributed by atoms with Gasteiger partial charge >= 0.3 is 12.0 Å². The Kier molecular flexibility index (Phi) is 3.55. The zero-order valence-electron chi connectivity index (χ0n) is 9.43. The van der Waals surface area contributed by atoms with Crippen LogP contribution in [0.2, 0.25) is 0 Å². The molecule has 0 spiro atoms. The molecule has 86 valence electrons. The van der Waals surface area contributed by atoms with Gasteiger partial charge < -0.3 is 14.9 Å². The summed E-state index contributed by atoms with van der Waals surface area (Å²) in [7, 11) is 1.71. The summed E-state index contributed by atoms with van der Waals surface area (Å²) in [6.07, 6.45) is 0.126. The Morgan fingerprint density at radius 2 is 2.13 bits per heavy atom. The van der Waals surface area contributed by atoms with Crippen molar-refractivity contribution in [1.82, 2.24) is 9.80 Å². The maximum Gasteiger partial charge on any atom is 0.319 e. The Morgan fingerprint density at radius 3 is 2.60 bits per heavy atom. The van der Waals surface area contributed by atoms with Crippen LogP contribution >= 0.6 is 0 Å². The first-order valence-electron chi connectivity index (χ1n) is 5.15. The molecule has 1 atom stereocenters. The van der Waals surface area contributed by atoms with Crippen LogP contribution in [-0.4, -0.2) is 53.1 Å². The van der Waals surface area contributed by atoms with Gasteiger partial charge in [0.15, 0.2) is 0 Å². The van der Waals surface area contributed by atoms with Crippen molar-refractivity contribution < 1.29 is 14.7 Å². The van der Waals surface area contributed by atoms with Crippen LogP contribution in [0, 0.1) is 5.92 Å². The smallest absolute Gasteiger partial charge is 0.319 e. The van der Waals surface area contributed by atoms with Gasteiger partial charge in [-0.2, -0.15) is 0 Å². The van der Waals surface area contributed by atoms with Gasteiger partial charge in [-0.15, -0.1) is 0 Å². The summed E-state index contributed by atoms with van der Waals surface area (Å²) in [5.41, 5.74) is 0. The highest BCUT2D eigenvalue weighted by molar-refractivity contribution is 5.76. The standard InChI is InChI=1S/C10H18N2O3/c1-7(2)12-6-8(4-9(13)14)5-11(3)10(12)15/h7-8H,4-6H2,1-3H3,(H,13,14). The van der Waals surface area contributed by atoms with Crippen molar-refractivity contribution in [2.24, 2.45) is 5.92 Å². The molecule has 15 heavy (non-hydrogen) atoms. The molecule has 0 aliphatic carbocycles. The van der Waals surface area contributed by atoms with E-state index in [4.69, 9.17) is 5.11 Å². The summed E-state index contributed by atoms with van der Waals surface area (Å²) < 4.78 is 0. The number of urea groups is 1. The molecule has 1 saturated heterocycles. The van der Waals surface area contributed by atoms with E-state index in [2.05, 4.69) is 0 Å². The number of carboxylic acids is 1. The largest absolute Gasteiger partial charge is 0.481 e. The van der Waals surface area contributed by atoms with Gasteiger partial charge in [0, 0.05) is 32.1 Å². The van der Waals surface area contributed by atoms with E-state index >= 15 is 0 Å². The quantitative estimate of drug-likeness (QED) is 0.757. The second-order valence-corrected chi connectivity index (χ2v) is 4.37. The highest BCUT2D eigenvalue weighted by atomic mass is 16.4. The van der Waals surface area contributed by atoms with Crippen LogP contribution < -0.4 is 0 Å². The summed E-state index contributed by atoms with van der Waals surface area (Å²) in [4.78, 5) is 25.6. The van der Waals surface area contributed by atoms with E-state index in [0.717, 1.165) is 0 Å². The third-order valence-electron chi connectivity index (χ3n) is 2.65. The van der Waals surface area contributed by atoms with Crippen molar-refractivity contribution in [2.75, 3.05) is 20.1 Å². The first kappa shape index (κ1) is 11.8. The van der Waals surface area contributed by atoms with E-state index in [9.17, 15) is 9.59 Å². The molecule has 0 aromatic carbocycles. The summed E-state index contributed by atoms with van der Waals surface area (Å²) in [6, 6.07) is 0.114. The molecule has 1 aliphatic rings. The monoisotopic (exact) mass is 214 g/mol. The molecule has 0 aromatic heterocycles. The van der Waals surface area contributed by atoms with Crippen molar-refractivity contribution in [1.29, 1.82) is 0 Å². The highest BCUT2D eigenvalue weighted by Crippen LogP contribution is 2.18. The average molecular weight is 214 g/mol. The minimum Gasteiger partial charge on any atom is -0.481 e. The topological polar surface area (TPSA) is 60.9 Å². The van der Waals surface area contributed by atoms with Crippen LogP contribution in [0.25, 0.3) is 0 Å². The number of hydrogen-bond donors (Lipinski definition) is 1. The van der Waals surface area contributed by atoms with Gasteiger partial charge in [0.2, 0.25) is 0 Å². The maximum absolute atomic E-state index is 11.7. The second kappa shape index (κ2) is 4.51. The number of carboxylic acid groups (broad SMARTS) is 1. The molecule has 1 unspecified atom stereocenters. The molecule has 0 radical (unpaired) electrons. The van der Waals surface area contributed by atoms with Gasteiger partial charge in [-0.05, 0) is 13.8 Å². The molecule has 5 heteroatoms. The number of hydrogen-bond acceptors (Lipinski definition) is 2. The molecule has 1 heterocycles. The molecule has 0 saturated carbocycles. The summed E-state index contributed by atoms with van der Waals surface area (Å²) in [6.45, 7) is 4.96. The summed E-state index contributed by atoms with van der Waals surface area (Å²) in [5.74, 6) is -0.765. The van der Waals surface area contributed by atoms with Crippen molar-refractivity contribution in [3.63, 3.8) is 0 Å². The predicted molar refractivity (Wildman–Crippen MR) is 55.6 cm³/mol. The van der Waals surface area contributed by atoms with Crippen molar-refractivity contribution in [3.05, 3.63) is 0 Å². The normalized spacial score (nSPS) is 22.4. The fourth-order valence-corrected chi connectivity index (χ4v) is 1.91. The van der Waals surface area contributed by atoms with E-state index in [1.807, 2.05) is 13.8 Å². The minimum atomic E-state index is -0.800. The van der Waals surface area contributed by atoms with Crippen molar-refractivity contribution >= 4 is 12.0 Å². The van der Waals surface area contributed by atoms with Crippen LogP contribution in [0.3, 0.4) is 0 Å². The Labute approximate surface area is 89.7 Å². The highest BCUT2D eigenvalue weighted by Gasteiger charge is 2.31. The van der Waals surface area contributed by atoms with Crippen molar-refractivity contribution in [2.45, 2.75) is 26.3 Å². The lowest BCUT2D eigenvalue weighted by atomic mass is 10.0. The third-order valence-corrected chi connectivity index (χ3v) is 2.65. The Bertz CT molecular complexity index is 265. The molecule has 1 fully saturated rings. The molecule has 5 nitrogen and oxygen atoms in total. The first-order chi connectivity index (χ1) is 6.91. The van der Waals surface area contributed by atoms with Crippen LogP contribution in [0.5, 0.6) is 0 Å². The van der Waals surface area contributed by atoms with E-state index in [1.54, 1.807) is 16.8 Å². The SMILES string of the molecule is CC(C)N1CC(CC(=O)O)CN(C)C1=O. The van der Waals surface area contributed by atoms with E-state index in [-0.39, 0.29) is 24.4 Å². The Hall–Kier alpha value is -1.26. The van der Waals surface area contributed by atoms with Crippen LogP contribution in [0.1, 0.15) is 20.3 Å². The lowest BCUT2D eigenvalue weighted by Gasteiger charge is -2.40. The number of aliphatic carboxylic acids is 1. The van der Waals surface area contributed by atoms with Crippen LogP contribution in [0.4, 0.5) is 4.79 Å². The number of rotatable bonds is 3. The molecular formula is C10H18N2O3. The summed E-state index contributed by atoms with van der Waals surface area (Å²) >= 11 is 0. The van der Waals surface area contributed by atoms with Gasteiger partial charge in [0.25, 0.3) is 0 Å². The predicted octanol–water partition coefficient (Wildman–Crippen LogP) is 0.853. The fourth-order valence-electron chi connectivity index (χ4n) is 1.91. The summed E-state index contributed by atoms with van der Waals surface area (Å²) in [5, 5.41) is 8.72. The van der Waals surface area contributed by atoms with Crippen LogP contribution in [0.15, 0.2) is 0 Å². The second-order valence-electron chi connectivity index (χ2n) is 4.37. The van der Waals surface area contributed by atoms with Gasteiger partial charge in [-0.3, -0.25) is 4.79 Å². The molecule has 1 aliphatic heterocycles. The van der Waals surface area contributed by atoms with Gasteiger partial charge in [-0.25, -0.2) is 4.79 Å². The van der Waals surface area contributed by atoms with Gasteiger partial charge in [-0.1, -0.05) is 0 Å².